The molecule has 1 saturated heterocycles. The molecule has 1 aromatic rings. The van der Waals surface area contributed by atoms with Crippen LogP contribution in [0.3, 0.4) is 0 Å². The zero-order valence-corrected chi connectivity index (χ0v) is 10.8. The van der Waals surface area contributed by atoms with Gasteiger partial charge in [0.05, 0.1) is 6.61 Å². The van der Waals surface area contributed by atoms with Gasteiger partial charge in [0.15, 0.2) is 0 Å². The largest absolute Gasteiger partial charge is 0.494 e. The summed E-state index contributed by atoms with van der Waals surface area (Å²) in [5, 5.41) is 3.45. The summed E-state index contributed by atoms with van der Waals surface area (Å²) in [4.78, 5) is 0. The number of hydrogen-bond acceptors (Lipinski definition) is 3. The van der Waals surface area contributed by atoms with Crippen molar-refractivity contribution in [1.29, 1.82) is 0 Å². The maximum atomic E-state index is 5.93. The third-order valence-corrected chi connectivity index (χ3v) is 2.98. The van der Waals surface area contributed by atoms with E-state index in [0.29, 0.717) is 6.61 Å². The Labute approximate surface area is 103 Å². The summed E-state index contributed by atoms with van der Waals surface area (Å²) in [7, 11) is 0. The second-order valence-corrected chi connectivity index (χ2v) is 5.11. The van der Waals surface area contributed by atoms with E-state index in [1.807, 2.05) is 31.2 Å². The van der Waals surface area contributed by atoms with Crippen LogP contribution in [0.1, 0.15) is 27.2 Å². The van der Waals surface area contributed by atoms with Crippen molar-refractivity contribution in [3.8, 4) is 11.5 Å². The van der Waals surface area contributed by atoms with Crippen LogP contribution < -0.4 is 14.8 Å². The highest BCUT2D eigenvalue weighted by Crippen LogP contribution is 2.24. The molecular formula is C14H21NO2. The molecule has 0 amide bonds. The van der Waals surface area contributed by atoms with Crippen LogP contribution in [0, 0.1) is 0 Å². The van der Waals surface area contributed by atoms with E-state index in [4.69, 9.17) is 9.47 Å². The molecule has 1 fully saturated rings. The molecule has 2 rings (SSSR count). The normalized spacial score (nSPS) is 22.4. The Balaban J connectivity index is 1.91. The van der Waals surface area contributed by atoms with Gasteiger partial charge >= 0.3 is 0 Å². The van der Waals surface area contributed by atoms with Gasteiger partial charge in [-0.3, -0.25) is 0 Å². The van der Waals surface area contributed by atoms with E-state index in [9.17, 15) is 0 Å². The lowest BCUT2D eigenvalue weighted by Gasteiger charge is -2.17. The van der Waals surface area contributed by atoms with Gasteiger partial charge < -0.3 is 14.8 Å². The Morgan fingerprint density at radius 3 is 2.41 bits per heavy atom. The molecule has 94 valence electrons. The third kappa shape index (κ3) is 3.37. The minimum Gasteiger partial charge on any atom is -0.494 e. The van der Waals surface area contributed by atoms with Gasteiger partial charge in [-0.05, 0) is 45.0 Å². The second-order valence-electron chi connectivity index (χ2n) is 5.11. The lowest BCUT2D eigenvalue weighted by atomic mass is 10.0. The smallest absolute Gasteiger partial charge is 0.120 e. The molecule has 1 unspecified atom stereocenters. The summed E-state index contributed by atoms with van der Waals surface area (Å²) < 4.78 is 11.3. The topological polar surface area (TPSA) is 30.5 Å². The molecule has 0 saturated carbocycles. The first kappa shape index (κ1) is 12.2. The minimum atomic E-state index is 0.190. The molecule has 3 heteroatoms. The first-order valence-electron chi connectivity index (χ1n) is 6.23. The molecule has 0 aliphatic carbocycles. The van der Waals surface area contributed by atoms with Crippen molar-refractivity contribution in [3.05, 3.63) is 24.3 Å². The van der Waals surface area contributed by atoms with Crippen molar-refractivity contribution in [2.24, 2.45) is 0 Å². The van der Waals surface area contributed by atoms with E-state index in [1.54, 1.807) is 0 Å². The van der Waals surface area contributed by atoms with Crippen molar-refractivity contribution < 1.29 is 9.47 Å². The third-order valence-electron chi connectivity index (χ3n) is 2.98. The SMILES string of the molecule is CCOc1ccc(OC2CNC(C)(C)C2)cc1. The number of benzene rings is 1. The van der Waals surface area contributed by atoms with E-state index in [2.05, 4.69) is 19.2 Å². The standard InChI is InChI=1S/C14H21NO2/c1-4-16-11-5-7-12(8-6-11)17-13-9-14(2,3)15-10-13/h5-8,13,15H,4,9-10H2,1-3H3. The van der Waals surface area contributed by atoms with Crippen LogP contribution >= 0.6 is 0 Å². The molecule has 0 bridgehead atoms. The Hall–Kier alpha value is -1.22. The number of nitrogens with one attached hydrogen (secondary N) is 1. The Bertz CT molecular complexity index is 359. The number of ether oxygens (including phenoxy) is 2. The maximum Gasteiger partial charge on any atom is 0.120 e. The van der Waals surface area contributed by atoms with Gasteiger partial charge in [0.2, 0.25) is 0 Å². The predicted molar refractivity (Wildman–Crippen MR) is 68.7 cm³/mol. The predicted octanol–water partition coefficient (Wildman–Crippen LogP) is 2.60. The van der Waals surface area contributed by atoms with Crippen LogP contribution in [0.2, 0.25) is 0 Å². The molecule has 1 aromatic carbocycles. The number of hydrogen-bond donors (Lipinski definition) is 1. The highest BCUT2D eigenvalue weighted by Gasteiger charge is 2.31. The summed E-state index contributed by atoms with van der Waals surface area (Å²) in [5.74, 6) is 1.81. The first-order valence-corrected chi connectivity index (χ1v) is 6.23. The van der Waals surface area contributed by atoms with Crippen LogP contribution in [0.5, 0.6) is 11.5 Å². The molecule has 0 aromatic heterocycles. The fourth-order valence-corrected chi connectivity index (χ4v) is 2.16. The molecule has 1 heterocycles. The summed E-state index contributed by atoms with van der Waals surface area (Å²) >= 11 is 0. The minimum absolute atomic E-state index is 0.190. The zero-order valence-electron chi connectivity index (χ0n) is 10.8. The average Bonchev–Trinajstić information content (AvgIpc) is 2.61. The first-order chi connectivity index (χ1) is 8.09. The summed E-state index contributed by atoms with van der Waals surface area (Å²) in [6, 6.07) is 7.84. The van der Waals surface area contributed by atoms with Gasteiger partial charge in [-0.15, -0.1) is 0 Å². The van der Waals surface area contributed by atoms with Crippen LogP contribution in [0.15, 0.2) is 24.3 Å². The molecule has 1 N–H and O–H groups in total. The van der Waals surface area contributed by atoms with Crippen molar-refractivity contribution in [3.63, 3.8) is 0 Å². The zero-order chi connectivity index (χ0) is 12.3. The average molecular weight is 235 g/mol. The maximum absolute atomic E-state index is 5.93. The van der Waals surface area contributed by atoms with Gasteiger partial charge in [-0.1, -0.05) is 0 Å². The molecule has 3 nitrogen and oxygen atoms in total. The fraction of sp³-hybridized carbons (Fsp3) is 0.571. The number of rotatable bonds is 4. The molecular weight excluding hydrogens is 214 g/mol. The Morgan fingerprint density at radius 1 is 1.24 bits per heavy atom. The fourth-order valence-electron chi connectivity index (χ4n) is 2.16. The summed E-state index contributed by atoms with van der Waals surface area (Å²) in [5.41, 5.74) is 0.190. The van der Waals surface area contributed by atoms with Gasteiger partial charge in [-0.25, -0.2) is 0 Å². The second kappa shape index (κ2) is 4.96. The van der Waals surface area contributed by atoms with Crippen molar-refractivity contribution in [2.75, 3.05) is 13.2 Å². The lowest BCUT2D eigenvalue weighted by molar-refractivity contribution is 0.214. The molecule has 1 aliphatic rings. The summed E-state index contributed by atoms with van der Waals surface area (Å²) in [6.07, 6.45) is 1.31. The van der Waals surface area contributed by atoms with Crippen LogP contribution in [0.4, 0.5) is 0 Å². The van der Waals surface area contributed by atoms with Crippen LogP contribution in [0.25, 0.3) is 0 Å². The Kier molecular flexibility index (Phi) is 3.57. The monoisotopic (exact) mass is 235 g/mol. The van der Waals surface area contributed by atoms with Crippen molar-refractivity contribution in [1.82, 2.24) is 5.32 Å². The molecule has 0 spiro atoms. The molecule has 0 radical (unpaired) electrons. The van der Waals surface area contributed by atoms with Crippen molar-refractivity contribution in [2.45, 2.75) is 38.8 Å². The molecule has 17 heavy (non-hydrogen) atoms. The molecule has 1 atom stereocenters. The highest BCUT2D eigenvalue weighted by molar-refractivity contribution is 5.31. The van der Waals surface area contributed by atoms with Gasteiger partial charge in [0.1, 0.15) is 17.6 Å². The molecule has 1 aliphatic heterocycles. The van der Waals surface area contributed by atoms with Gasteiger partial charge in [-0.2, -0.15) is 0 Å². The van der Waals surface area contributed by atoms with E-state index >= 15 is 0 Å². The van der Waals surface area contributed by atoms with Gasteiger partial charge in [0, 0.05) is 18.5 Å². The summed E-state index contributed by atoms with van der Waals surface area (Å²) in [6.45, 7) is 8.00. The van der Waals surface area contributed by atoms with E-state index < -0.39 is 0 Å². The van der Waals surface area contributed by atoms with Crippen LogP contribution in [-0.4, -0.2) is 24.8 Å². The van der Waals surface area contributed by atoms with E-state index in [1.165, 1.54) is 0 Å². The van der Waals surface area contributed by atoms with E-state index in [-0.39, 0.29) is 11.6 Å². The lowest BCUT2D eigenvalue weighted by Crippen LogP contribution is -2.31. The quantitative estimate of drug-likeness (QED) is 0.870. The van der Waals surface area contributed by atoms with Crippen LogP contribution in [-0.2, 0) is 0 Å². The van der Waals surface area contributed by atoms with E-state index in [0.717, 1.165) is 24.5 Å². The highest BCUT2D eigenvalue weighted by atomic mass is 16.5. The van der Waals surface area contributed by atoms with Gasteiger partial charge in [0.25, 0.3) is 0 Å². The van der Waals surface area contributed by atoms with Crippen molar-refractivity contribution >= 4 is 0 Å². The Morgan fingerprint density at radius 2 is 1.88 bits per heavy atom.